The molecule has 1 saturated carbocycles. The van der Waals surface area contributed by atoms with Gasteiger partial charge in [-0.3, -0.25) is 4.90 Å². The molecule has 6 nitrogen and oxygen atoms in total. The first-order valence-electron chi connectivity index (χ1n) is 8.92. The molecule has 3 heterocycles. The lowest BCUT2D eigenvalue weighted by molar-refractivity contribution is 0.212. The maximum absolute atomic E-state index is 5.55. The van der Waals surface area contributed by atoms with Crippen molar-refractivity contribution in [3.05, 3.63) is 52.4 Å². The van der Waals surface area contributed by atoms with Gasteiger partial charge in [0.2, 0.25) is 0 Å². The molecule has 0 N–H and O–H groups in total. The number of aromatic nitrogens is 4. The molecule has 3 aromatic rings. The Labute approximate surface area is 163 Å². The highest BCUT2D eigenvalue weighted by Gasteiger charge is 2.22. The lowest BCUT2D eigenvalue weighted by atomic mass is 9.95. The number of hydrogen-bond acceptors (Lipinski definition) is 6. The predicted molar refractivity (Wildman–Crippen MR) is 103 cm³/mol. The van der Waals surface area contributed by atoms with Gasteiger partial charge < -0.3 is 4.42 Å². The van der Waals surface area contributed by atoms with Crippen molar-refractivity contribution in [3.8, 4) is 0 Å². The fourth-order valence-electron chi connectivity index (χ4n) is 3.54. The van der Waals surface area contributed by atoms with Gasteiger partial charge in [-0.25, -0.2) is 4.68 Å². The van der Waals surface area contributed by atoms with E-state index >= 15 is 0 Å². The minimum Gasteiger partial charge on any atom is -0.468 e. The number of nitrogens with zero attached hydrogens (tertiary/aromatic N) is 5. The highest BCUT2D eigenvalue weighted by atomic mass is 35.5. The second kappa shape index (κ2) is 9.30. The van der Waals surface area contributed by atoms with E-state index in [1.807, 2.05) is 12.1 Å². The van der Waals surface area contributed by atoms with Crippen molar-refractivity contribution in [3.63, 3.8) is 0 Å². The third kappa shape index (κ3) is 4.72. The molecular formula is C18H24ClN5OS. The monoisotopic (exact) mass is 393 g/mol. The Kier molecular flexibility index (Phi) is 6.82. The molecule has 1 fully saturated rings. The molecule has 0 spiro atoms. The van der Waals surface area contributed by atoms with Gasteiger partial charge in [-0.1, -0.05) is 25.3 Å². The molecule has 1 aliphatic carbocycles. The van der Waals surface area contributed by atoms with Gasteiger partial charge in [-0.05, 0) is 46.8 Å². The van der Waals surface area contributed by atoms with E-state index in [0.717, 1.165) is 31.2 Å². The highest BCUT2D eigenvalue weighted by Crippen LogP contribution is 2.28. The maximum Gasteiger partial charge on any atom is 0.165 e. The van der Waals surface area contributed by atoms with E-state index in [4.69, 9.17) is 4.42 Å². The fourth-order valence-corrected chi connectivity index (χ4v) is 4.29. The Hall–Kier alpha value is -1.70. The summed E-state index contributed by atoms with van der Waals surface area (Å²) in [5, 5.41) is 14.7. The predicted octanol–water partition coefficient (Wildman–Crippen LogP) is 4.46. The van der Waals surface area contributed by atoms with Gasteiger partial charge in [0.05, 0.1) is 25.4 Å². The number of furan rings is 1. The number of halogens is 1. The third-order valence-corrected chi connectivity index (χ3v) is 5.63. The van der Waals surface area contributed by atoms with Crippen molar-refractivity contribution in [2.75, 3.05) is 0 Å². The minimum absolute atomic E-state index is 0. The largest absolute Gasteiger partial charge is 0.468 e. The summed E-state index contributed by atoms with van der Waals surface area (Å²) in [7, 11) is 0. The average Bonchev–Trinajstić information content (AvgIpc) is 3.38. The van der Waals surface area contributed by atoms with Crippen molar-refractivity contribution in [2.45, 2.75) is 57.8 Å². The Balaban J connectivity index is 0.00000196. The van der Waals surface area contributed by atoms with Crippen molar-refractivity contribution < 1.29 is 4.42 Å². The van der Waals surface area contributed by atoms with Crippen molar-refractivity contribution in [2.24, 2.45) is 0 Å². The summed E-state index contributed by atoms with van der Waals surface area (Å²) in [6.45, 7) is 2.35. The van der Waals surface area contributed by atoms with Crippen molar-refractivity contribution >= 4 is 23.7 Å². The summed E-state index contributed by atoms with van der Waals surface area (Å²) >= 11 is 1.78. The molecule has 1 aliphatic rings. The second-order valence-corrected chi connectivity index (χ2v) is 7.67. The Morgan fingerprint density at radius 3 is 2.73 bits per heavy atom. The lowest BCUT2D eigenvalue weighted by Gasteiger charge is -2.24. The van der Waals surface area contributed by atoms with Crippen LogP contribution in [-0.4, -0.2) is 25.1 Å². The molecule has 0 radical (unpaired) electrons. The topological polar surface area (TPSA) is 60.0 Å². The first-order valence-corrected chi connectivity index (χ1v) is 9.80. The number of tetrazole rings is 1. The van der Waals surface area contributed by atoms with Crippen molar-refractivity contribution in [1.29, 1.82) is 0 Å². The summed E-state index contributed by atoms with van der Waals surface area (Å²) in [4.78, 5) is 3.68. The van der Waals surface area contributed by atoms with Gasteiger partial charge in [0.1, 0.15) is 5.76 Å². The summed E-state index contributed by atoms with van der Waals surface area (Å²) in [5.74, 6) is 1.92. The number of rotatable bonds is 7. The van der Waals surface area contributed by atoms with Crippen LogP contribution >= 0.6 is 23.7 Å². The standard InChI is InChI=1S/C18H23N5OS.ClH/c1-2-6-15(7-3-1)23-18(19-20-21-23)14-22(12-16-8-4-10-24-16)13-17-9-5-11-25-17;/h4-5,8-11,15H,1-3,6-7,12-14H2;1H. The zero-order chi connectivity index (χ0) is 16.9. The van der Waals surface area contributed by atoms with Crippen LogP contribution in [0.25, 0.3) is 0 Å². The third-order valence-electron chi connectivity index (χ3n) is 4.77. The summed E-state index contributed by atoms with van der Waals surface area (Å²) in [5.41, 5.74) is 0. The first kappa shape index (κ1) is 19.1. The van der Waals surface area contributed by atoms with Crippen LogP contribution in [0.15, 0.2) is 40.3 Å². The normalized spacial score (nSPS) is 15.3. The highest BCUT2D eigenvalue weighted by molar-refractivity contribution is 7.09. The van der Waals surface area contributed by atoms with Crippen LogP contribution in [0.1, 0.15) is 54.6 Å². The first-order chi connectivity index (χ1) is 12.4. The zero-order valence-electron chi connectivity index (χ0n) is 14.7. The number of hydrogen-bond donors (Lipinski definition) is 0. The van der Waals surface area contributed by atoms with Gasteiger partial charge in [-0.2, -0.15) is 0 Å². The van der Waals surface area contributed by atoms with E-state index in [1.165, 1.54) is 37.0 Å². The zero-order valence-corrected chi connectivity index (χ0v) is 16.3. The van der Waals surface area contributed by atoms with Gasteiger partial charge >= 0.3 is 0 Å². The maximum atomic E-state index is 5.55. The van der Waals surface area contributed by atoms with E-state index in [2.05, 4.69) is 42.6 Å². The van der Waals surface area contributed by atoms with E-state index in [1.54, 1.807) is 17.6 Å². The SMILES string of the molecule is Cl.c1coc(CN(Cc2cccs2)Cc2nnnn2C2CCCCC2)c1. The quantitative estimate of drug-likeness (QED) is 0.593. The molecule has 0 saturated heterocycles. The molecule has 0 amide bonds. The minimum atomic E-state index is 0. The molecule has 4 rings (SSSR count). The molecule has 0 unspecified atom stereocenters. The molecule has 0 aliphatic heterocycles. The van der Waals surface area contributed by atoms with Gasteiger partial charge in [0, 0.05) is 11.4 Å². The van der Waals surface area contributed by atoms with Crippen LogP contribution in [0, 0.1) is 0 Å². The average molecular weight is 394 g/mol. The fraction of sp³-hybridized carbons (Fsp3) is 0.500. The number of thiophene rings is 1. The van der Waals surface area contributed by atoms with Crippen LogP contribution in [0.3, 0.4) is 0 Å². The molecule has 0 aromatic carbocycles. The lowest BCUT2D eigenvalue weighted by Crippen LogP contribution is -2.26. The van der Waals surface area contributed by atoms with Crippen molar-refractivity contribution in [1.82, 2.24) is 25.1 Å². The summed E-state index contributed by atoms with van der Waals surface area (Å²) < 4.78 is 7.61. The Morgan fingerprint density at radius 1 is 1.12 bits per heavy atom. The van der Waals surface area contributed by atoms with Gasteiger partial charge in [0.25, 0.3) is 0 Å². The van der Waals surface area contributed by atoms with Gasteiger partial charge in [0.15, 0.2) is 5.82 Å². The molecule has 0 atom stereocenters. The van der Waals surface area contributed by atoms with E-state index in [9.17, 15) is 0 Å². The molecular weight excluding hydrogens is 370 g/mol. The van der Waals surface area contributed by atoms with E-state index in [0.29, 0.717) is 6.04 Å². The van der Waals surface area contributed by atoms with Crippen LogP contribution in [-0.2, 0) is 19.6 Å². The molecule has 26 heavy (non-hydrogen) atoms. The van der Waals surface area contributed by atoms with Crippen LogP contribution < -0.4 is 0 Å². The van der Waals surface area contributed by atoms with E-state index < -0.39 is 0 Å². The van der Waals surface area contributed by atoms with E-state index in [-0.39, 0.29) is 12.4 Å². The van der Waals surface area contributed by atoms with Crippen LogP contribution in [0.5, 0.6) is 0 Å². The summed E-state index contributed by atoms with van der Waals surface area (Å²) in [6, 6.07) is 8.67. The molecule has 0 bridgehead atoms. The Bertz CT molecular complexity index is 716. The smallest absolute Gasteiger partial charge is 0.165 e. The molecule has 140 valence electrons. The second-order valence-electron chi connectivity index (χ2n) is 6.64. The summed E-state index contributed by atoms with van der Waals surface area (Å²) in [6.07, 6.45) is 7.97. The van der Waals surface area contributed by atoms with Crippen LogP contribution in [0.4, 0.5) is 0 Å². The van der Waals surface area contributed by atoms with Gasteiger partial charge in [-0.15, -0.1) is 28.8 Å². The molecule has 8 heteroatoms. The van der Waals surface area contributed by atoms with Crippen LogP contribution in [0.2, 0.25) is 0 Å². The Morgan fingerprint density at radius 2 is 2.00 bits per heavy atom. The molecule has 3 aromatic heterocycles.